The van der Waals surface area contributed by atoms with Crippen LogP contribution in [-0.4, -0.2) is 56.5 Å². The zero-order valence-corrected chi connectivity index (χ0v) is 18.7. The van der Waals surface area contributed by atoms with E-state index in [-0.39, 0.29) is 11.7 Å². The number of ether oxygens (including phenoxy) is 1. The van der Waals surface area contributed by atoms with E-state index in [0.717, 1.165) is 40.5 Å². The molecule has 8 heteroatoms. The quantitative estimate of drug-likeness (QED) is 0.427. The van der Waals surface area contributed by atoms with Gasteiger partial charge in [-0.1, -0.05) is 6.07 Å². The van der Waals surface area contributed by atoms with E-state index < -0.39 is 0 Å². The number of aryl methyl sites for hydroxylation is 1. The van der Waals surface area contributed by atoms with Gasteiger partial charge in [0.15, 0.2) is 5.65 Å². The number of hydrogen-bond acceptors (Lipinski definition) is 6. The number of benzene rings is 1. The van der Waals surface area contributed by atoms with Gasteiger partial charge in [-0.2, -0.15) is 0 Å². The molecular weight excluding hydrogens is 392 g/mol. The van der Waals surface area contributed by atoms with Crippen molar-refractivity contribution in [1.82, 2.24) is 29.2 Å². The summed E-state index contributed by atoms with van der Waals surface area (Å²) in [6, 6.07) is 9.89. The van der Waals surface area contributed by atoms with Crippen molar-refractivity contribution in [2.75, 3.05) is 27.2 Å². The second kappa shape index (κ2) is 8.47. The molecule has 0 unspecified atom stereocenters. The van der Waals surface area contributed by atoms with Crippen molar-refractivity contribution in [3.05, 3.63) is 47.0 Å². The van der Waals surface area contributed by atoms with Gasteiger partial charge in [-0.3, -0.25) is 9.13 Å². The van der Waals surface area contributed by atoms with Crippen LogP contribution < -0.4 is 10.4 Å². The van der Waals surface area contributed by atoms with Gasteiger partial charge in [-0.15, -0.1) is 10.2 Å². The fraction of sp³-hybridized carbons (Fsp3) is 0.391. The van der Waals surface area contributed by atoms with Crippen molar-refractivity contribution in [2.24, 2.45) is 7.05 Å². The van der Waals surface area contributed by atoms with Crippen LogP contribution in [0.2, 0.25) is 0 Å². The predicted octanol–water partition coefficient (Wildman–Crippen LogP) is 3.26. The van der Waals surface area contributed by atoms with Crippen LogP contribution in [0.25, 0.3) is 33.2 Å². The molecule has 4 aromatic rings. The first-order chi connectivity index (χ1) is 14.9. The molecule has 0 aliphatic heterocycles. The molecule has 0 amide bonds. The van der Waals surface area contributed by atoms with Crippen molar-refractivity contribution >= 4 is 22.1 Å². The van der Waals surface area contributed by atoms with Crippen molar-refractivity contribution in [3.63, 3.8) is 0 Å². The van der Waals surface area contributed by atoms with Crippen LogP contribution >= 0.6 is 0 Å². The lowest BCUT2D eigenvalue weighted by molar-refractivity contribution is 0.273. The Hall–Kier alpha value is -3.26. The molecule has 0 bridgehead atoms. The van der Waals surface area contributed by atoms with E-state index in [0.29, 0.717) is 18.1 Å². The number of imidazole rings is 1. The van der Waals surface area contributed by atoms with Crippen LogP contribution in [0, 0.1) is 0 Å². The zero-order valence-electron chi connectivity index (χ0n) is 18.7. The summed E-state index contributed by atoms with van der Waals surface area (Å²) >= 11 is 0. The SMILES string of the molecule is CC(C)n1c(=O)n(C)c2nnc3ccc(-c4ccc(OCCCN(C)C)nc4)cc3c21. The molecule has 162 valence electrons. The average molecular weight is 421 g/mol. The molecule has 31 heavy (non-hydrogen) atoms. The number of fused-ring (bicyclic) bond motifs is 3. The largest absolute Gasteiger partial charge is 0.478 e. The lowest BCUT2D eigenvalue weighted by atomic mass is 10.0. The third-order valence-electron chi connectivity index (χ3n) is 5.35. The molecule has 0 N–H and O–H groups in total. The molecule has 8 nitrogen and oxygen atoms in total. The van der Waals surface area contributed by atoms with E-state index in [1.807, 2.05) is 58.4 Å². The summed E-state index contributed by atoms with van der Waals surface area (Å²) in [6.07, 6.45) is 2.77. The molecule has 0 radical (unpaired) electrons. The predicted molar refractivity (Wildman–Crippen MR) is 123 cm³/mol. The fourth-order valence-electron chi connectivity index (χ4n) is 3.75. The van der Waals surface area contributed by atoms with Crippen molar-refractivity contribution < 1.29 is 4.74 Å². The van der Waals surface area contributed by atoms with Gasteiger partial charge < -0.3 is 9.64 Å². The Morgan fingerprint density at radius 1 is 1.10 bits per heavy atom. The van der Waals surface area contributed by atoms with Gasteiger partial charge in [-0.25, -0.2) is 9.78 Å². The molecule has 0 aliphatic rings. The van der Waals surface area contributed by atoms with Gasteiger partial charge in [0, 0.05) is 42.8 Å². The van der Waals surface area contributed by atoms with Gasteiger partial charge in [0.25, 0.3) is 0 Å². The van der Waals surface area contributed by atoms with E-state index in [4.69, 9.17) is 4.74 Å². The Bertz CT molecular complexity index is 1270. The van der Waals surface area contributed by atoms with Crippen LogP contribution in [0.4, 0.5) is 0 Å². The number of hydrogen-bond donors (Lipinski definition) is 0. The summed E-state index contributed by atoms with van der Waals surface area (Å²) in [5, 5.41) is 9.52. The molecule has 1 aromatic carbocycles. The molecule has 3 heterocycles. The lowest BCUT2D eigenvalue weighted by Crippen LogP contribution is -2.23. The molecule has 0 atom stereocenters. The Balaban J connectivity index is 1.70. The lowest BCUT2D eigenvalue weighted by Gasteiger charge is -2.11. The van der Waals surface area contributed by atoms with Crippen LogP contribution in [0.1, 0.15) is 26.3 Å². The summed E-state index contributed by atoms with van der Waals surface area (Å²) in [7, 11) is 5.83. The summed E-state index contributed by atoms with van der Waals surface area (Å²) in [6.45, 7) is 5.61. The summed E-state index contributed by atoms with van der Waals surface area (Å²) in [5.41, 5.74) is 4.03. The maximum atomic E-state index is 12.7. The fourth-order valence-corrected chi connectivity index (χ4v) is 3.75. The van der Waals surface area contributed by atoms with Crippen LogP contribution in [0.5, 0.6) is 5.88 Å². The molecule has 4 rings (SSSR count). The van der Waals surface area contributed by atoms with Crippen LogP contribution in [0.15, 0.2) is 41.3 Å². The number of pyridine rings is 1. The average Bonchev–Trinajstić information content (AvgIpc) is 3.02. The first-order valence-corrected chi connectivity index (χ1v) is 10.5. The highest BCUT2D eigenvalue weighted by Crippen LogP contribution is 2.29. The Kier molecular flexibility index (Phi) is 5.73. The van der Waals surface area contributed by atoms with Gasteiger partial charge in [0.05, 0.1) is 12.1 Å². The van der Waals surface area contributed by atoms with E-state index in [2.05, 4.69) is 26.1 Å². The maximum absolute atomic E-state index is 12.7. The molecule has 0 fully saturated rings. The Morgan fingerprint density at radius 3 is 2.55 bits per heavy atom. The van der Waals surface area contributed by atoms with Gasteiger partial charge in [0.1, 0.15) is 5.52 Å². The summed E-state index contributed by atoms with van der Waals surface area (Å²) in [5.74, 6) is 0.619. The molecular formula is C23H28N6O2. The first-order valence-electron chi connectivity index (χ1n) is 10.5. The summed E-state index contributed by atoms with van der Waals surface area (Å²) in [4.78, 5) is 19.3. The number of nitrogens with zero attached hydrogens (tertiary/aromatic N) is 6. The molecule has 0 spiro atoms. The first kappa shape index (κ1) is 21.0. The minimum atomic E-state index is -0.0883. The highest BCUT2D eigenvalue weighted by atomic mass is 16.5. The Labute approximate surface area is 181 Å². The molecule has 0 saturated carbocycles. The summed E-state index contributed by atoms with van der Waals surface area (Å²) < 4.78 is 9.07. The van der Waals surface area contributed by atoms with Crippen molar-refractivity contribution in [2.45, 2.75) is 26.3 Å². The molecule has 0 saturated heterocycles. The maximum Gasteiger partial charge on any atom is 0.330 e. The Morgan fingerprint density at radius 2 is 1.87 bits per heavy atom. The van der Waals surface area contributed by atoms with E-state index >= 15 is 0 Å². The molecule has 0 aliphatic carbocycles. The van der Waals surface area contributed by atoms with Crippen molar-refractivity contribution in [3.8, 4) is 17.0 Å². The topological polar surface area (TPSA) is 78.1 Å². The van der Waals surface area contributed by atoms with Crippen molar-refractivity contribution in [1.29, 1.82) is 0 Å². The number of aromatic nitrogens is 5. The number of rotatable bonds is 7. The van der Waals surface area contributed by atoms with Gasteiger partial charge in [-0.05, 0) is 58.1 Å². The standard InChI is InChI=1S/C23H28N6O2/c1-15(2)29-21-18-13-16(7-9-19(18)25-26-22(21)28(5)23(29)30)17-8-10-20(24-14-17)31-12-6-11-27(3)4/h7-10,13-15H,6,11-12H2,1-5H3. The van der Waals surface area contributed by atoms with E-state index in [9.17, 15) is 4.79 Å². The normalized spacial score (nSPS) is 11.8. The second-order valence-corrected chi connectivity index (χ2v) is 8.30. The van der Waals surface area contributed by atoms with Crippen LogP contribution in [-0.2, 0) is 7.05 Å². The van der Waals surface area contributed by atoms with Gasteiger partial charge in [0.2, 0.25) is 5.88 Å². The van der Waals surface area contributed by atoms with Gasteiger partial charge >= 0.3 is 5.69 Å². The smallest absolute Gasteiger partial charge is 0.330 e. The highest BCUT2D eigenvalue weighted by molar-refractivity contribution is 6.02. The third-order valence-corrected chi connectivity index (χ3v) is 5.35. The zero-order chi connectivity index (χ0) is 22.1. The van der Waals surface area contributed by atoms with Crippen LogP contribution in [0.3, 0.4) is 0 Å². The molecule has 3 aromatic heterocycles. The highest BCUT2D eigenvalue weighted by Gasteiger charge is 2.18. The monoisotopic (exact) mass is 420 g/mol. The second-order valence-electron chi connectivity index (χ2n) is 8.30. The third kappa shape index (κ3) is 4.03. The van der Waals surface area contributed by atoms with E-state index in [1.165, 1.54) is 0 Å². The minimum absolute atomic E-state index is 0.0119. The minimum Gasteiger partial charge on any atom is -0.478 e. The van der Waals surface area contributed by atoms with E-state index in [1.54, 1.807) is 16.2 Å².